The largest absolute Gasteiger partial charge is 0.508 e. The van der Waals surface area contributed by atoms with Crippen LogP contribution < -0.4 is 5.32 Å². The Hall–Kier alpha value is -1.55. The molecule has 0 bridgehead atoms. The van der Waals surface area contributed by atoms with Crippen molar-refractivity contribution in [3.8, 4) is 5.75 Å². The van der Waals surface area contributed by atoms with Gasteiger partial charge in [0.15, 0.2) is 0 Å². The Bertz CT molecular complexity index is 445. The van der Waals surface area contributed by atoms with E-state index in [1.807, 2.05) is 0 Å². The van der Waals surface area contributed by atoms with Crippen LogP contribution in [0.3, 0.4) is 0 Å². The summed E-state index contributed by atoms with van der Waals surface area (Å²) in [5, 5.41) is 12.4. The molecule has 1 fully saturated rings. The molecule has 98 valence electrons. The minimum atomic E-state index is -0.0709. The van der Waals surface area contributed by atoms with Crippen LogP contribution in [0.1, 0.15) is 28.8 Å². The van der Waals surface area contributed by atoms with Gasteiger partial charge in [0.05, 0.1) is 0 Å². The van der Waals surface area contributed by atoms with Gasteiger partial charge in [0.1, 0.15) is 5.75 Å². The molecule has 1 aliphatic rings. The van der Waals surface area contributed by atoms with Crippen LogP contribution in [0, 0.1) is 6.92 Å². The molecule has 1 aromatic carbocycles. The Labute approximate surface area is 108 Å². The summed E-state index contributed by atoms with van der Waals surface area (Å²) in [6.07, 6.45) is 2.35. The van der Waals surface area contributed by atoms with Crippen molar-refractivity contribution in [2.45, 2.75) is 25.8 Å². The number of amides is 1. The van der Waals surface area contributed by atoms with E-state index in [-0.39, 0.29) is 11.7 Å². The van der Waals surface area contributed by atoms with Crippen molar-refractivity contribution in [1.82, 2.24) is 10.2 Å². The minimum Gasteiger partial charge on any atom is -0.508 e. The zero-order chi connectivity index (χ0) is 13.1. The van der Waals surface area contributed by atoms with Crippen LogP contribution in [0.4, 0.5) is 0 Å². The fourth-order valence-electron chi connectivity index (χ4n) is 2.35. The van der Waals surface area contributed by atoms with Gasteiger partial charge in [-0.2, -0.15) is 0 Å². The van der Waals surface area contributed by atoms with Crippen molar-refractivity contribution in [3.05, 3.63) is 29.3 Å². The van der Waals surface area contributed by atoms with Crippen LogP contribution in [0.2, 0.25) is 0 Å². The first-order valence-corrected chi connectivity index (χ1v) is 6.36. The van der Waals surface area contributed by atoms with E-state index >= 15 is 0 Å². The van der Waals surface area contributed by atoms with E-state index in [4.69, 9.17) is 0 Å². The highest BCUT2D eigenvalue weighted by Crippen LogP contribution is 2.17. The van der Waals surface area contributed by atoms with E-state index in [1.165, 1.54) is 6.42 Å². The monoisotopic (exact) mass is 248 g/mol. The molecule has 2 N–H and O–H groups in total. The van der Waals surface area contributed by atoms with Gasteiger partial charge in [-0.05, 0) is 57.1 Å². The van der Waals surface area contributed by atoms with Gasteiger partial charge in [-0.1, -0.05) is 0 Å². The summed E-state index contributed by atoms with van der Waals surface area (Å²) in [7, 11) is 2.09. The van der Waals surface area contributed by atoms with Crippen LogP contribution in [-0.2, 0) is 0 Å². The molecular formula is C14H20N2O2. The zero-order valence-electron chi connectivity index (χ0n) is 10.9. The number of benzene rings is 1. The fraction of sp³-hybridized carbons (Fsp3) is 0.500. The standard InChI is InChI=1S/C14H20N2O2/c1-10-8-11(5-6-13(10)17)14(18)15-9-12-4-3-7-16(12)2/h5-6,8,12,17H,3-4,7,9H2,1-2H3,(H,15,18). The summed E-state index contributed by atoms with van der Waals surface area (Å²) < 4.78 is 0. The molecule has 1 amide bonds. The summed E-state index contributed by atoms with van der Waals surface area (Å²) in [6.45, 7) is 3.59. The molecule has 0 radical (unpaired) electrons. The van der Waals surface area contributed by atoms with Gasteiger partial charge in [-0.25, -0.2) is 0 Å². The lowest BCUT2D eigenvalue weighted by molar-refractivity contribution is 0.0943. The second-order valence-corrected chi connectivity index (χ2v) is 4.99. The Morgan fingerprint density at radius 2 is 2.33 bits per heavy atom. The summed E-state index contributed by atoms with van der Waals surface area (Å²) >= 11 is 0. The van der Waals surface area contributed by atoms with Gasteiger partial charge in [-0.15, -0.1) is 0 Å². The first-order chi connectivity index (χ1) is 8.58. The highest BCUT2D eigenvalue weighted by atomic mass is 16.3. The molecule has 18 heavy (non-hydrogen) atoms. The number of phenolic OH excluding ortho intramolecular Hbond substituents is 1. The molecule has 1 aliphatic heterocycles. The number of hydrogen-bond acceptors (Lipinski definition) is 3. The average molecular weight is 248 g/mol. The Morgan fingerprint density at radius 1 is 1.56 bits per heavy atom. The number of carbonyl (C=O) groups excluding carboxylic acids is 1. The summed E-state index contributed by atoms with van der Waals surface area (Å²) in [5.41, 5.74) is 1.33. The number of carbonyl (C=O) groups is 1. The van der Waals surface area contributed by atoms with E-state index in [0.29, 0.717) is 18.2 Å². The van der Waals surface area contributed by atoms with Crippen molar-refractivity contribution in [3.63, 3.8) is 0 Å². The number of aromatic hydroxyl groups is 1. The molecule has 4 nitrogen and oxygen atoms in total. The third-order valence-corrected chi connectivity index (χ3v) is 3.63. The van der Waals surface area contributed by atoms with Crippen LogP contribution in [-0.4, -0.2) is 42.1 Å². The van der Waals surface area contributed by atoms with Crippen molar-refractivity contribution in [2.75, 3.05) is 20.1 Å². The molecule has 0 aliphatic carbocycles. The number of hydrogen-bond donors (Lipinski definition) is 2. The summed E-state index contributed by atoms with van der Waals surface area (Å²) in [6, 6.07) is 5.37. The van der Waals surface area contributed by atoms with E-state index < -0.39 is 0 Å². The molecule has 1 saturated heterocycles. The lowest BCUT2D eigenvalue weighted by Gasteiger charge is -2.19. The number of nitrogens with zero attached hydrogens (tertiary/aromatic N) is 1. The average Bonchev–Trinajstić information content (AvgIpc) is 2.75. The Kier molecular flexibility index (Phi) is 3.87. The maximum absolute atomic E-state index is 12.0. The molecular weight excluding hydrogens is 228 g/mol. The second-order valence-electron chi connectivity index (χ2n) is 4.99. The summed E-state index contributed by atoms with van der Waals surface area (Å²) in [5.74, 6) is 0.153. The van der Waals surface area contributed by atoms with Crippen LogP contribution >= 0.6 is 0 Å². The Morgan fingerprint density at radius 3 is 2.94 bits per heavy atom. The lowest BCUT2D eigenvalue weighted by Crippen LogP contribution is -2.38. The normalized spacial score (nSPS) is 20.0. The number of rotatable bonds is 3. The third-order valence-electron chi connectivity index (χ3n) is 3.63. The van der Waals surface area contributed by atoms with E-state index in [0.717, 1.165) is 18.5 Å². The van der Waals surface area contributed by atoms with Gasteiger partial charge in [0, 0.05) is 18.2 Å². The second kappa shape index (κ2) is 5.40. The highest BCUT2D eigenvalue weighted by Gasteiger charge is 2.21. The number of aryl methyl sites for hydroxylation is 1. The van der Waals surface area contributed by atoms with Gasteiger partial charge in [-0.3, -0.25) is 4.79 Å². The molecule has 4 heteroatoms. The molecule has 1 aromatic rings. The molecule has 0 spiro atoms. The van der Waals surface area contributed by atoms with Crippen molar-refractivity contribution >= 4 is 5.91 Å². The number of likely N-dealkylation sites (N-methyl/N-ethyl adjacent to an activating group) is 1. The molecule has 1 unspecified atom stereocenters. The smallest absolute Gasteiger partial charge is 0.251 e. The third kappa shape index (κ3) is 2.82. The topological polar surface area (TPSA) is 52.6 Å². The quantitative estimate of drug-likeness (QED) is 0.853. The van der Waals surface area contributed by atoms with Crippen LogP contribution in [0.25, 0.3) is 0 Å². The van der Waals surface area contributed by atoms with Crippen molar-refractivity contribution in [1.29, 1.82) is 0 Å². The molecule has 0 saturated carbocycles. The zero-order valence-corrected chi connectivity index (χ0v) is 10.9. The van der Waals surface area contributed by atoms with Gasteiger partial charge in [0.2, 0.25) is 0 Å². The molecule has 2 rings (SSSR count). The van der Waals surface area contributed by atoms with E-state index in [2.05, 4.69) is 17.3 Å². The van der Waals surface area contributed by atoms with Gasteiger partial charge < -0.3 is 15.3 Å². The van der Waals surface area contributed by atoms with E-state index in [9.17, 15) is 9.90 Å². The molecule has 1 heterocycles. The predicted octanol–water partition coefficient (Wildman–Crippen LogP) is 1.52. The highest BCUT2D eigenvalue weighted by molar-refractivity contribution is 5.94. The Balaban J connectivity index is 1.93. The molecule has 0 aromatic heterocycles. The number of nitrogens with one attached hydrogen (secondary N) is 1. The SMILES string of the molecule is Cc1cc(C(=O)NCC2CCCN2C)ccc1O. The number of likely N-dealkylation sites (tertiary alicyclic amines) is 1. The maximum Gasteiger partial charge on any atom is 0.251 e. The van der Waals surface area contributed by atoms with Gasteiger partial charge in [0.25, 0.3) is 5.91 Å². The predicted molar refractivity (Wildman–Crippen MR) is 70.8 cm³/mol. The van der Waals surface area contributed by atoms with Crippen LogP contribution in [0.15, 0.2) is 18.2 Å². The van der Waals surface area contributed by atoms with Crippen molar-refractivity contribution < 1.29 is 9.90 Å². The van der Waals surface area contributed by atoms with Crippen molar-refractivity contribution in [2.24, 2.45) is 0 Å². The van der Waals surface area contributed by atoms with Crippen LogP contribution in [0.5, 0.6) is 5.75 Å². The first-order valence-electron chi connectivity index (χ1n) is 6.36. The summed E-state index contributed by atoms with van der Waals surface area (Å²) in [4.78, 5) is 14.2. The maximum atomic E-state index is 12.0. The minimum absolute atomic E-state index is 0.0709. The van der Waals surface area contributed by atoms with E-state index in [1.54, 1.807) is 25.1 Å². The number of phenols is 1. The molecule has 1 atom stereocenters. The fourth-order valence-corrected chi connectivity index (χ4v) is 2.35. The first kappa shape index (κ1) is 12.9. The lowest BCUT2D eigenvalue weighted by atomic mass is 10.1. The van der Waals surface area contributed by atoms with Gasteiger partial charge >= 0.3 is 0 Å².